The standard InChI is InChI=1S/C16H21N6.3HI.Ti/c1-10-7-13(4)20(17-10)16(21-14(5)8-11(2)18-21)22-15(6)9-12(3)19-22;;;;/h7-9H,1-6H3;3*1H;/q-1;;;;+4/p-3. The number of hydrogen-bond donors (Lipinski definition) is 0. The molecule has 3 rings (SSSR count). The Labute approximate surface area is 191 Å². The van der Waals surface area contributed by atoms with Crippen LogP contribution in [0, 0.1) is 47.8 Å². The molecule has 26 heavy (non-hydrogen) atoms. The van der Waals surface area contributed by atoms with Crippen LogP contribution in [0.15, 0.2) is 18.2 Å². The van der Waals surface area contributed by atoms with E-state index >= 15 is 0 Å². The molecule has 0 aliphatic heterocycles. The van der Waals surface area contributed by atoms with Crippen molar-refractivity contribution in [2.45, 2.75) is 41.5 Å². The molecule has 3 aromatic rings. The Morgan fingerprint density at radius 3 is 1.04 bits per heavy atom. The molecule has 140 valence electrons. The second kappa shape index (κ2) is 9.74. The molecule has 0 bridgehead atoms. The van der Waals surface area contributed by atoms with Crippen molar-refractivity contribution < 1.29 is 6.63 Å². The van der Waals surface area contributed by atoms with Crippen LogP contribution in [-0.2, 0) is 6.63 Å². The Hall–Kier alpha value is 0.404. The van der Waals surface area contributed by atoms with Crippen molar-refractivity contribution in [2.24, 2.45) is 0 Å². The van der Waals surface area contributed by atoms with Crippen LogP contribution in [0.3, 0.4) is 0 Å². The van der Waals surface area contributed by atoms with Gasteiger partial charge in [0.15, 0.2) is 6.29 Å². The maximum atomic E-state index is 4.62. The van der Waals surface area contributed by atoms with Gasteiger partial charge in [-0.15, -0.1) is 0 Å². The van der Waals surface area contributed by atoms with Gasteiger partial charge >= 0.3 is 64.2 Å². The van der Waals surface area contributed by atoms with E-state index in [0.717, 1.165) is 40.5 Å². The number of aromatic nitrogens is 6. The van der Waals surface area contributed by atoms with Gasteiger partial charge in [0.05, 0.1) is 0 Å². The first kappa shape index (κ1) is 22.7. The van der Waals surface area contributed by atoms with E-state index in [1.807, 2.05) is 55.6 Å². The van der Waals surface area contributed by atoms with Crippen molar-refractivity contribution in [1.29, 1.82) is 0 Å². The molecule has 6 nitrogen and oxygen atoms in total. The summed E-state index contributed by atoms with van der Waals surface area (Å²) in [5.74, 6) is 0. The summed E-state index contributed by atoms with van der Waals surface area (Å²) in [6.45, 7) is 11.7. The Kier molecular flexibility index (Phi) is 8.50. The summed E-state index contributed by atoms with van der Waals surface area (Å²) in [6.07, 6.45) is 0.807. The van der Waals surface area contributed by atoms with Gasteiger partial charge in [0.1, 0.15) is 0 Å². The van der Waals surface area contributed by atoms with Gasteiger partial charge in [0, 0.05) is 17.1 Å². The minimum absolute atomic E-state index is 0.423. The van der Waals surface area contributed by atoms with Gasteiger partial charge in [-0.25, -0.2) is 0 Å². The first-order chi connectivity index (χ1) is 12.1. The minimum atomic E-state index is -0.423. The van der Waals surface area contributed by atoms with Crippen molar-refractivity contribution in [3.63, 3.8) is 0 Å². The Balaban J connectivity index is 0.000000552. The number of aryl methyl sites for hydroxylation is 6. The summed E-state index contributed by atoms with van der Waals surface area (Å²) in [4.78, 5) is 0. The zero-order valence-corrected chi connectivity index (χ0v) is 23.6. The Bertz CT molecular complexity index is 770. The quantitative estimate of drug-likeness (QED) is 0.213. The summed E-state index contributed by atoms with van der Waals surface area (Å²) in [5, 5.41) is 13.9. The molecule has 0 aromatic carbocycles. The number of rotatable bonds is 3. The summed E-state index contributed by atoms with van der Waals surface area (Å²) < 4.78 is 5.69. The first-order valence-electron chi connectivity index (χ1n) is 7.91. The molecule has 0 unspecified atom stereocenters. The molecule has 0 aliphatic rings. The monoisotopic (exact) mass is 726 g/mol. The summed E-state index contributed by atoms with van der Waals surface area (Å²) >= 11 is 7.45. The molecule has 3 heterocycles. The third-order valence-corrected chi connectivity index (χ3v) is 3.60. The predicted molar refractivity (Wildman–Crippen MR) is 127 cm³/mol. The fraction of sp³-hybridized carbons (Fsp3) is 0.375. The van der Waals surface area contributed by atoms with Crippen LogP contribution >= 0.6 is 57.6 Å². The fourth-order valence-electron chi connectivity index (χ4n) is 2.76. The number of hydrogen-bond acceptors (Lipinski definition) is 3. The average Bonchev–Trinajstić information content (AvgIpc) is 3.10. The van der Waals surface area contributed by atoms with Gasteiger partial charge in [0.2, 0.25) is 0 Å². The van der Waals surface area contributed by atoms with Crippen LogP contribution in [0.25, 0.3) is 0 Å². The molecular weight excluding hydrogens is 705 g/mol. The number of nitrogens with zero attached hydrogens (tertiary/aromatic N) is 6. The molecule has 0 fully saturated rings. The number of halogens is 3. The second-order valence-electron chi connectivity index (χ2n) is 6.03. The molecule has 0 atom stereocenters. The maximum absolute atomic E-state index is 4.62. The van der Waals surface area contributed by atoms with Crippen LogP contribution in [-0.4, -0.2) is 29.3 Å². The zero-order chi connectivity index (χ0) is 19.6. The van der Waals surface area contributed by atoms with Crippen molar-refractivity contribution in [3.8, 4) is 0 Å². The van der Waals surface area contributed by atoms with E-state index in [9.17, 15) is 0 Å². The van der Waals surface area contributed by atoms with E-state index in [-0.39, 0.29) is 0 Å². The van der Waals surface area contributed by atoms with Crippen molar-refractivity contribution in [2.75, 3.05) is 0 Å². The molecular formula is C16H21I3N6Ti. The zero-order valence-electron chi connectivity index (χ0n) is 15.5. The molecule has 0 saturated carbocycles. The van der Waals surface area contributed by atoms with E-state index in [4.69, 9.17) is 0 Å². The Morgan fingerprint density at radius 2 is 0.885 bits per heavy atom. The van der Waals surface area contributed by atoms with Crippen LogP contribution in [0.5, 0.6) is 0 Å². The van der Waals surface area contributed by atoms with Gasteiger partial charge in [0.25, 0.3) is 0 Å². The molecule has 0 radical (unpaired) electrons. The van der Waals surface area contributed by atoms with Crippen molar-refractivity contribution in [3.05, 3.63) is 58.7 Å². The average molecular weight is 726 g/mol. The molecule has 0 amide bonds. The molecule has 0 aliphatic carbocycles. The Morgan fingerprint density at radius 1 is 0.654 bits per heavy atom. The van der Waals surface area contributed by atoms with Gasteiger partial charge in [-0.1, -0.05) is 39.0 Å². The predicted octanol–water partition coefficient (Wildman–Crippen LogP) is 5.17. The van der Waals surface area contributed by atoms with E-state index in [1.165, 1.54) is 0 Å². The molecule has 0 N–H and O–H groups in total. The van der Waals surface area contributed by atoms with E-state index < -0.39 is 6.63 Å². The molecule has 3 aromatic heterocycles. The first-order valence-corrected chi connectivity index (χ1v) is 23.0. The van der Waals surface area contributed by atoms with Gasteiger partial charge in [-0.3, -0.25) is 14.0 Å². The molecule has 10 heteroatoms. The van der Waals surface area contributed by atoms with Crippen LogP contribution in [0.2, 0.25) is 0 Å². The topological polar surface area (TPSA) is 53.5 Å². The van der Waals surface area contributed by atoms with Crippen LogP contribution < -0.4 is 0 Å². The van der Waals surface area contributed by atoms with Gasteiger partial charge in [-0.05, 0) is 37.9 Å². The molecule has 0 saturated heterocycles. The summed E-state index contributed by atoms with van der Waals surface area (Å²) in [5.41, 5.74) is 6.06. The summed E-state index contributed by atoms with van der Waals surface area (Å²) in [7, 11) is 0. The van der Waals surface area contributed by atoms with Crippen molar-refractivity contribution >= 4 is 57.6 Å². The molecule has 0 spiro atoms. The fourth-order valence-corrected chi connectivity index (χ4v) is 2.76. The SMILES string of the molecule is Cc1cc(C)n([C-](n2nc(C)cc2C)n2nc(C)cc2C)n1.[I][Ti+]([I])[I]. The third-order valence-electron chi connectivity index (χ3n) is 3.60. The van der Waals surface area contributed by atoms with E-state index in [2.05, 4.69) is 91.1 Å². The second-order valence-corrected chi connectivity index (χ2v) is 45.6. The third kappa shape index (κ3) is 5.71. The van der Waals surface area contributed by atoms with Gasteiger partial charge < -0.3 is 0 Å². The van der Waals surface area contributed by atoms with Crippen LogP contribution in [0.4, 0.5) is 0 Å². The van der Waals surface area contributed by atoms with E-state index in [1.54, 1.807) is 0 Å². The normalized spacial score (nSPS) is 10.5. The van der Waals surface area contributed by atoms with Gasteiger partial charge in [-0.2, -0.15) is 15.3 Å². The van der Waals surface area contributed by atoms with Crippen molar-refractivity contribution in [1.82, 2.24) is 29.3 Å². The van der Waals surface area contributed by atoms with Crippen LogP contribution in [0.1, 0.15) is 34.2 Å². The van der Waals surface area contributed by atoms with E-state index in [0.29, 0.717) is 0 Å². The summed E-state index contributed by atoms with van der Waals surface area (Å²) in [6, 6.07) is 6.16.